The van der Waals surface area contributed by atoms with Gasteiger partial charge >= 0.3 is 0 Å². The molecule has 2 amide bonds. The van der Waals surface area contributed by atoms with Crippen molar-refractivity contribution >= 4 is 11.8 Å². The number of halogens is 3. The number of amides is 2. The maximum Gasteiger partial charge on any atom is 0.278 e. The monoisotopic (exact) mass is 572 g/mol. The first-order chi connectivity index (χ1) is 19.5. The molecule has 10 nitrogen and oxygen atoms in total. The molecule has 2 bridgehead atoms. The topological polar surface area (TPSA) is 124 Å². The second-order valence-electron chi connectivity index (χ2n) is 10.0. The van der Waals surface area contributed by atoms with Crippen molar-refractivity contribution in [1.82, 2.24) is 14.9 Å². The molecule has 0 aliphatic carbocycles. The molecule has 2 aliphatic rings. The van der Waals surface area contributed by atoms with E-state index in [9.17, 15) is 37.8 Å². The van der Waals surface area contributed by atoms with Crippen molar-refractivity contribution in [3.8, 4) is 5.75 Å². The summed E-state index contributed by atoms with van der Waals surface area (Å²) in [6.07, 6.45) is -1.53. The molecule has 3 aromatic rings. The van der Waals surface area contributed by atoms with Gasteiger partial charge in [-0.2, -0.15) is 0 Å². The molecule has 5 rings (SSSR count). The summed E-state index contributed by atoms with van der Waals surface area (Å²) in [5.41, 5.74) is -1.64. The average molecular weight is 573 g/mol. The van der Waals surface area contributed by atoms with Gasteiger partial charge in [-0.3, -0.25) is 24.1 Å². The van der Waals surface area contributed by atoms with Crippen LogP contribution >= 0.6 is 0 Å². The van der Waals surface area contributed by atoms with Crippen molar-refractivity contribution in [2.45, 2.75) is 51.3 Å². The maximum atomic E-state index is 14.1. The fourth-order valence-corrected chi connectivity index (χ4v) is 5.00. The normalized spacial score (nSPS) is 21.8. The lowest BCUT2D eigenvalue weighted by atomic mass is 10.0. The summed E-state index contributed by atoms with van der Waals surface area (Å²) >= 11 is 0. The van der Waals surface area contributed by atoms with Gasteiger partial charge in [-0.25, -0.2) is 13.2 Å². The molecule has 3 heterocycles. The Morgan fingerprint density at radius 1 is 1.02 bits per heavy atom. The van der Waals surface area contributed by atoms with E-state index in [1.165, 1.54) is 14.6 Å². The third-order valence-corrected chi connectivity index (χ3v) is 7.49. The Morgan fingerprint density at radius 2 is 1.66 bits per heavy atom. The first-order valence-electron chi connectivity index (χ1n) is 12.8. The first kappa shape index (κ1) is 28.2. The van der Waals surface area contributed by atoms with Gasteiger partial charge in [0, 0.05) is 30.4 Å². The summed E-state index contributed by atoms with van der Waals surface area (Å²) in [5, 5.41) is 25.2. The quantitative estimate of drug-likeness (QED) is 0.410. The van der Waals surface area contributed by atoms with Crippen molar-refractivity contribution < 1.29 is 37.7 Å². The van der Waals surface area contributed by atoms with Crippen molar-refractivity contribution in [2.24, 2.45) is 0 Å². The van der Waals surface area contributed by atoms with Gasteiger partial charge < -0.3 is 25.2 Å². The van der Waals surface area contributed by atoms with Gasteiger partial charge in [0.05, 0.1) is 12.1 Å². The number of hydrogen-bond donors (Lipinski definition) is 3. The van der Waals surface area contributed by atoms with Crippen molar-refractivity contribution in [1.29, 1.82) is 0 Å². The van der Waals surface area contributed by atoms with E-state index < -0.39 is 82.4 Å². The van der Waals surface area contributed by atoms with Gasteiger partial charge in [-0.15, -0.1) is 0 Å². The summed E-state index contributed by atoms with van der Waals surface area (Å²) < 4.78 is 48.7. The summed E-state index contributed by atoms with van der Waals surface area (Å²) in [6.45, 7) is 2.25. The van der Waals surface area contributed by atoms with E-state index in [1.807, 2.05) is 0 Å². The minimum atomic E-state index is -1.31. The van der Waals surface area contributed by atoms with Gasteiger partial charge in [-0.05, 0) is 19.4 Å². The van der Waals surface area contributed by atoms with Gasteiger partial charge in [0.25, 0.3) is 11.8 Å². The predicted molar refractivity (Wildman–Crippen MR) is 139 cm³/mol. The molecule has 1 saturated heterocycles. The summed E-state index contributed by atoms with van der Waals surface area (Å²) in [5.74, 6) is -5.73. The number of carbonyl (C=O) groups excluding carboxylic acids is 2. The Kier molecular flexibility index (Phi) is 7.49. The highest BCUT2D eigenvalue weighted by atomic mass is 19.1. The van der Waals surface area contributed by atoms with Gasteiger partial charge in [-0.1, -0.05) is 30.3 Å². The highest BCUT2D eigenvalue weighted by Crippen LogP contribution is 2.30. The lowest BCUT2D eigenvalue weighted by Gasteiger charge is -2.42. The molecule has 0 spiro atoms. The van der Waals surface area contributed by atoms with Crippen LogP contribution in [0.15, 0.2) is 53.5 Å². The van der Waals surface area contributed by atoms with Crippen molar-refractivity contribution in [3.05, 3.63) is 98.7 Å². The smallest absolute Gasteiger partial charge is 0.278 e. The zero-order valence-electron chi connectivity index (χ0n) is 22.1. The summed E-state index contributed by atoms with van der Waals surface area (Å²) in [4.78, 5) is 41.8. The molecule has 216 valence electrons. The van der Waals surface area contributed by atoms with E-state index in [4.69, 9.17) is 4.74 Å². The molecule has 2 aliphatic heterocycles. The second kappa shape index (κ2) is 10.9. The van der Waals surface area contributed by atoms with Crippen LogP contribution in [0.25, 0.3) is 0 Å². The Balaban J connectivity index is 1.59. The van der Waals surface area contributed by atoms with E-state index in [2.05, 4.69) is 5.32 Å². The molecule has 0 unspecified atom stereocenters. The lowest BCUT2D eigenvalue weighted by Crippen LogP contribution is -2.58. The fraction of sp³-hybridized carbons (Fsp3) is 0.321. The number of pyridine rings is 1. The number of benzene rings is 2. The van der Waals surface area contributed by atoms with Crippen molar-refractivity contribution in [3.63, 3.8) is 0 Å². The molecule has 1 aromatic heterocycles. The standard InChI is InChI=1S/C28H27F3N4O6/c1-14-23(36)24(37)15(2)35-13-33(14)28(40)22-26(41-12-16-6-4-3-5-7-16)25(38)19(11-34(22)35)27(39)32-10-18-20(30)8-17(29)9-21(18)31/h3-9,11,14-15,23-24,36-37H,10,12-13H2,1-2H3,(H,32,39)/t14-,15+,23+,24-/m0/s1. The molecule has 3 N–H and O–H groups in total. The molecular weight excluding hydrogens is 545 g/mol. The van der Waals surface area contributed by atoms with E-state index in [-0.39, 0.29) is 19.0 Å². The lowest BCUT2D eigenvalue weighted by molar-refractivity contribution is -0.0207. The minimum Gasteiger partial charge on any atom is -0.482 e. The molecule has 41 heavy (non-hydrogen) atoms. The zero-order chi connectivity index (χ0) is 29.6. The molecule has 0 radical (unpaired) electrons. The predicted octanol–water partition coefficient (Wildman–Crippen LogP) is 1.64. The van der Waals surface area contributed by atoms with Gasteiger partial charge in [0.15, 0.2) is 11.4 Å². The number of rotatable bonds is 6. The number of aromatic nitrogens is 1. The maximum absolute atomic E-state index is 14.1. The highest BCUT2D eigenvalue weighted by molar-refractivity contribution is 5.99. The van der Waals surface area contributed by atoms with Crippen LogP contribution in [0.3, 0.4) is 0 Å². The highest BCUT2D eigenvalue weighted by Gasteiger charge is 2.46. The van der Waals surface area contributed by atoms with Crippen molar-refractivity contribution in [2.75, 3.05) is 11.7 Å². The summed E-state index contributed by atoms with van der Waals surface area (Å²) in [7, 11) is 0. The first-order valence-corrected chi connectivity index (χ1v) is 12.8. The molecule has 4 atom stereocenters. The number of aliphatic hydroxyl groups is 2. The molecule has 1 fully saturated rings. The number of nitrogens with zero attached hydrogens (tertiary/aromatic N) is 3. The molecule has 13 heteroatoms. The van der Waals surface area contributed by atoms with Crippen LogP contribution in [-0.2, 0) is 13.2 Å². The fourth-order valence-electron chi connectivity index (χ4n) is 5.00. The Morgan fingerprint density at radius 3 is 2.32 bits per heavy atom. The SMILES string of the molecule is C[C@@H]1[C@H](O)[C@H](O)[C@H](C)N2CN1n1cc(C(=O)NCc3c(F)cc(F)cc3F)c(=O)c(OCc3ccccc3)c1C2=O. The Labute approximate surface area is 232 Å². The number of nitrogens with one attached hydrogen (secondary N) is 1. The van der Waals surface area contributed by atoms with E-state index in [0.717, 1.165) is 6.20 Å². The largest absolute Gasteiger partial charge is 0.482 e. The number of fused-ring (bicyclic) bond motifs is 4. The molecular formula is C28H27F3N4O6. The van der Waals surface area contributed by atoms with Crippen LogP contribution in [0.5, 0.6) is 5.75 Å². The van der Waals surface area contributed by atoms with Crippen LogP contribution in [0, 0.1) is 17.5 Å². The van der Waals surface area contributed by atoms with Gasteiger partial charge in [0.2, 0.25) is 5.43 Å². The number of aliphatic hydroxyl groups excluding tert-OH is 2. The number of hydrogen-bond acceptors (Lipinski definition) is 7. The van der Waals surface area contributed by atoms with E-state index >= 15 is 0 Å². The number of ether oxygens (including phenoxy) is 1. The van der Waals surface area contributed by atoms with E-state index in [1.54, 1.807) is 44.2 Å². The minimum absolute atomic E-state index is 0.0870. The third kappa shape index (κ3) is 5.02. The van der Waals surface area contributed by atoms with Crippen LogP contribution in [-0.4, -0.2) is 62.6 Å². The van der Waals surface area contributed by atoms with Crippen LogP contribution in [0.1, 0.15) is 45.8 Å². The zero-order valence-corrected chi connectivity index (χ0v) is 22.1. The molecule has 0 saturated carbocycles. The summed E-state index contributed by atoms with van der Waals surface area (Å²) in [6, 6.07) is 8.08. The van der Waals surface area contributed by atoms with Crippen LogP contribution in [0.2, 0.25) is 0 Å². The van der Waals surface area contributed by atoms with Gasteiger partial charge in [0.1, 0.15) is 48.5 Å². The number of carbonyl (C=O) groups is 2. The Hall–Kier alpha value is -4.36. The molecule has 2 aromatic carbocycles. The van der Waals surface area contributed by atoms with Crippen LogP contribution in [0.4, 0.5) is 13.2 Å². The van der Waals surface area contributed by atoms with Crippen LogP contribution < -0.4 is 20.5 Å². The Bertz CT molecular complexity index is 1540. The average Bonchev–Trinajstić information content (AvgIpc) is 3.01. The van der Waals surface area contributed by atoms with E-state index in [0.29, 0.717) is 17.7 Å². The second-order valence-corrected chi connectivity index (χ2v) is 10.0. The third-order valence-electron chi connectivity index (χ3n) is 7.49.